The number of aryl methyl sites for hydroxylation is 1. The van der Waals surface area contributed by atoms with Crippen molar-refractivity contribution < 1.29 is 14.6 Å². The van der Waals surface area contributed by atoms with E-state index in [1.807, 2.05) is 30.3 Å². The minimum atomic E-state index is -0.587. The van der Waals surface area contributed by atoms with Gasteiger partial charge >= 0.3 is 6.09 Å². The Morgan fingerprint density at radius 3 is 2.58 bits per heavy atom. The zero-order chi connectivity index (χ0) is 19.1. The van der Waals surface area contributed by atoms with Gasteiger partial charge in [0.05, 0.1) is 29.3 Å². The number of benzene rings is 1. The quantitative estimate of drug-likeness (QED) is 0.455. The second kappa shape index (κ2) is 8.72. The normalized spacial score (nSPS) is 11.5. The molecule has 1 amide bonds. The molecule has 1 aromatic carbocycles. The maximum Gasteiger partial charge on any atom is 0.407 e. The Labute approximate surface area is 152 Å². The first-order chi connectivity index (χ1) is 12.4. The summed E-state index contributed by atoms with van der Waals surface area (Å²) in [6.07, 6.45) is -0.587. The highest BCUT2D eigenvalue weighted by Crippen LogP contribution is 2.18. The van der Waals surface area contributed by atoms with Crippen LogP contribution in [0.1, 0.15) is 17.0 Å². The number of hydrogen-bond donors (Lipinski definition) is 4. The zero-order valence-corrected chi connectivity index (χ0v) is 14.8. The number of amides is 1. The summed E-state index contributed by atoms with van der Waals surface area (Å²) in [6, 6.07) is 12.4. The number of rotatable bonds is 6. The number of carbonyl (C=O) groups is 1. The van der Waals surface area contributed by atoms with E-state index in [1.54, 1.807) is 20.0 Å². The molecule has 2 rings (SSSR count). The number of ether oxygens (including phenoxy) is 1. The molecule has 0 saturated heterocycles. The van der Waals surface area contributed by atoms with Gasteiger partial charge in [-0.2, -0.15) is 0 Å². The van der Waals surface area contributed by atoms with E-state index < -0.39 is 6.09 Å². The predicted molar refractivity (Wildman–Crippen MR) is 98.3 cm³/mol. The van der Waals surface area contributed by atoms with Gasteiger partial charge in [0, 0.05) is 7.05 Å². The third-order valence-electron chi connectivity index (χ3n) is 3.68. The van der Waals surface area contributed by atoms with Gasteiger partial charge in [-0.25, -0.2) is 15.6 Å². The van der Waals surface area contributed by atoms with Crippen molar-refractivity contribution in [3.63, 3.8) is 0 Å². The number of hydrazine groups is 1. The molecule has 0 unspecified atom stereocenters. The molecule has 0 fully saturated rings. The highest BCUT2D eigenvalue weighted by Gasteiger charge is 2.13. The molecule has 8 heteroatoms. The molecule has 2 aromatic rings. The lowest BCUT2D eigenvalue weighted by Gasteiger charge is -2.20. The third kappa shape index (κ3) is 5.12. The van der Waals surface area contributed by atoms with Crippen molar-refractivity contribution in [2.24, 2.45) is 11.6 Å². The second-order valence-corrected chi connectivity index (χ2v) is 5.69. The summed E-state index contributed by atoms with van der Waals surface area (Å²) in [5.74, 6) is 5.90. The van der Waals surface area contributed by atoms with Crippen LogP contribution in [0.4, 0.5) is 4.79 Å². The summed E-state index contributed by atoms with van der Waals surface area (Å²) in [5.41, 5.74) is 8.66. The van der Waals surface area contributed by atoms with Crippen LogP contribution in [0.15, 0.2) is 48.2 Å². The van der Waals surface area contributed by atoms with E-state index in [0.717, 1.165) is 5.56 Å². The molecule has 26 heavy (non-hydrogen) atoms. The molecule has 8 nitrogen and oxygen atoms in total. The minimum Gasteiger partial charge on any atom is -0.506 e. The molecule has 6 N–H and O–H groups in total. The first kappa shape index (κ1) is 19.1. The number of nitrogens with two attached hydrogens (primary N) is 2. The largest absolute Gasteiger partial charge is 0.506 e. The first-order valence-electron chi connectivity index (χ1n) is 7.97. The van der Waals surface area contributed by atoms with E-state index in [9.17, 15) is 9.90 Å². The molecular formula is C18H23N5O3. The van der Waals surface area contributed by atoms with Gasteiger partial charge in [0.1, 0.15) is 12.4 Å². The summed E-state index contributed by atoms with van der Waals surface area (Å²) in [5, 5.41) is 13.5. The maximum atomic E-state index is 11.9. The SMILES string of the molecule is Cc1nc(/C(N)=C(\CNC(=O)OCc2ccccc2)N(C)N)ccc1O. The van der Waals surface area contributed by atoms with Gasteiger partial charge in [0.15, 0.2) is 0 Å². The van der Waals surface area contributed by atoms with Gasteiger partial charge in [-0.05, 0) is 24.6 Å². The van der Waals surface area contributed by atoms with Gasteiger partial charge in [-0.3, -0.25) is 0 Å². The predicted octanol–water partition coefficient (Wildman–Crippen LogP) is 1.45. The fourth-order valence-electron chi connectivity index (χ4n) is 2.19. The van der Waals surface area contributed by atoms with Gasteiger partial charge < -0.3 is 25.9 Å². The Morgan fingerprint density at radius 2 is 1.96 bits per heavy atom. The lowest BCUT2D eigenvalue weighted by Crippen LogP contribution is -2.36. The standard InChI is InChI=1S/C18H23N5O3/c1-12-16(24)9-8-14(22-12)17(19)15(23(2)20)10-21-18(25)26-11-13-6-4-3-5-7-13/h3-9,24H,10-11,19-20H2,1-2H3,(H,21,25)/b17-15-. The number of likely N-dealkylation sites (N-methyl/N-ethyl adjacent to an activating group) is 1. The molecule has 0 bridgehead atoms. The minimum absolute atomic E-state index is 0.0636. The van der Waals surface area contributed by atoms with Crippen LogP contribution < -0.4 is 16.9 Å². The third-order valence-corrected chi connectivity index (χ3v) is 3.68. The van der Waals surface area contributed by atoms with E-state index in [-0.39, 0.29) is 18.9 Å². The molecule has 0 saturated carbocycles. The van der Waals surface area contributed by atoms with Crippen LogP contribution in [0, 0.1) is 6.92 Å². The zero-order valence-electron chi connectivity index (χ0n) is 14.8. The van der Waals surface area contributed by atoms with Crippen molar-refractivity contribution in [3.8, 4) is 5.75 Å². The average Bonchev–Trinajstić information content (AvgIpc) is 2.62. The van der Waals surface area contributed by atoms with Crippen LogP contribution in [0.3, 0.4) is 0 Å². The van der Waals surface area contributed by atoms with Crippen LogP contribution in [-0.4, -0.2) is 34.8 Å². The fraction of sp³-hybridized carbons (Fsp3) is 0.222. The molecule has 1 aromatic heterocycles. The number of nitrogens with zero attached hydrogens (tertiary/aromatic N) is 2. The summed E-state index contributed by atoms with van der Waals surface area (Å²) >= 11 is 0. The molecule has 0 atom stereocenters. The number of nitrogens with one attached hydrogen (secondary N) is 1. The first-order valence-corrected chi connectivity index (χ1v) is 7.97. The van der Waals surface area contributed by atoms with Crippen LogP contribution in [0.5, 0.6) is 5.75 Å². The topological polar surface area (TPSA) is 127 Å². The molecular weight excluding hydrogens is 334 g/mol. The Bertz CT molecular complexity index is 791. The monoisotopic (exact) mass is 357 g/mol. The molecule has 0 aliphatic carbocycles. The van der Waals surface area contributed by atoms with Gasteiger partial charge in [-0.15, -0.1) is 0 Å². The highest BCUT2D eigenvalue weighted by molar-refractivity contribution is 5.69. The Morgan fingerprint density at radius 1 is 1.27 bits per heavy atom. The summed E-state index contributed by atoms with van der Waals surface area (Å²) in [7, 11) is 1.60. The second-order valence-electron chi connectivity index (χ2n) is 5.69. The smallest absolute Gasteiger partial charge is 0.407 e. The van der Waals surface area contributed by atoms with E-state index in [1.165, 1.54) is 11.1 Å². The van der Waals surface area contributed by atoms with Crippen molar-refractivity contribution >= 4 is 11.8 Å². The van der Waals surface area contributed by atoms with Crippen molar-refractivity contribution in [2.45, 2.75) is 13.5 Å². The van der Waals surface area contributed by atoms with Crippen LogP contribution in [0.25, 0.3) is 5.70 Å². The number of alkyl carbamates (subject to hydrolysis) is 1. The Balaban J connectivity index is 2.02. The van der Waals surface area contributed by atoms with Crippen molar-refractivity contribution in [3.05, 3.63) is 65.1 Å². The van der Waals surface area contributed by atoms with E-state index in [4.69, 9.17) is 16.3 Å². The van der Waals surface area contributed by atoms with Crippen LogP contribution in [0.2, 0.25) is 0 Å². The lowest BCUT2D eigenvalue weighted by atomic mass is 10.2. The summed E-state index contributed by atoms with van der Waals surface area (Å²) in [4.78, 5) is 16.1. The van der Waals surface area contributed by atoms with Crippen molar-refractivity contribution in [1.82, 2.24) is 15.3 Å². The van der Waals surface area contributed by atoms with Crippen LogP contribution >= 0.6 is 0 Å². The van der Waals surface area contributed by atoms with Gasteiger partial charge in [-0.1, -0.05) is 30.3 Å². The van der Waals surface area contributed by atoms with Gasteiger partial charge in [0.2, 0.25) is 0 Å². The summed E-state index contributed by atoms with van der Waals surface area (Å²) < 4.78 is 5.16. The molecule has 0 aliphatic rings. The van der Waals surface area contributed by atoms with Crippen LogP contribution in [-0.2, 0) is 11.3 Å². The van der Waals surface area contributed by atoms with E-state index in [0.29, 0.717) is 22.8 Å². The number of aromatic hydroxyl groups is 1. The van der Waals surface area contributed by atoms with Gasteiger partial charge in [0.25, 0.3) is 0 Å². The lowest BCUT2D eigenvalue weighted by molar-refractivity contribution is 0.140. The fourth-order valence-corrected chi connectivity index (χ4v) is 2.19. The molecule has 0 aliphatic heterocycles. The molecule has 0 spiro atoms. The summed E-state index contributed by atoms with van der Waals surface area (Å²) in [6.45, 7) is 1.89. The van der Waals surface area contributed by atoms with Crippen molar-refractivity contribution in [2.75, 3.05) is 13.6 Å². The molecule has 138 valence electrons. The number of carbonyl (C=O) groups excluding carboxylic acids is 1. The number of pyridine rings is 1. The van der Waals surface area contributed by atoms with E-state index >= 15 is 0 Å². The number of hydrogen-bond acceptors (Lipinski definition) is 7. The van der Waals surface area contributed by atoms with E-state index in [2.05, 4.69) is 10.3 Å². The van der Waals surface area contributed by atoms with Crippen molar-refractivity contribution in [1.29, 1.82) is 0 Å². The maximum absolute atomic E-state index is 11.9. The Kier molecular flexibility index (Phi) is 6.40. The Hall–Kier alpha value is -3.26. The average molecular weight is 357 g/mol. The highest BCUT2D eigenvalue weighted by atomic mass is 16.5. The molecule has 0 radical (unpaired) electrons. The number of aromatic nitrogens is 1. The molecule has 1 heterocycles.